The van der Waals surface area contributed by atoms with E-state index in [1.165, 1.54) is 12.8 Å². The Balaban J connectivity index is 1.72. The van der Waals surface area contributed by atoms with Gasteiger partial charge < -0.3 is 15.5 Å². The van der Waals surface area contributed by atoms with E-state index in [0.717, 1.165) is 18.8 Å². The van der Waals surface area contributed by atoms with Crippen molar-refractivity contribution < 1.29 is 9.59 Å². The van der Waals surface area contributed by atoms with Gasteiger partial charge in [0.25, 0.3) is 0 Å². The van der Waals surface area contributed by atoms with Gasteiger partial charge in [-0.3, -0.25) is 14.5 Å². The van der Waals surface area contributed by atoms with Crippen molar-refractivity contribution in [2.75, 3.05) is 57.8 Å². The van der Waals surface area contributed by atoms with Crippen LogP contribution in [-0.4, -0.2) is 90.4 Å². The first kappa shape index (κ1) is 17.6. The zero-order valence-corrected chi connectivity index (χ0v) is 14.3. The lowest BCUT2D eigenvalue weighted by molar-refractivity contribution is -0.140. The van der Waals surface area contributed by atoms with Crippen LogP contribution in [-0.2, 0) is 9.59 Å². The van der Waals surface area contributed by atoms with Gasteiger partial charge in [-0.1, -0.05) is 0 Å². The Morgan fingerprint density at radius 3 is 2.23 bits per heavy atom. The second-order valence-electron chi connectivity index (χ2n) is 6.08. The monoisotopic (exact) mass is 328 g/mol. The van der Waals surface area contributed by atoms with Gasteiger partial charge >= 0.3 is 0 Å². The van der Waals surface area contributed by atoms with Crippen LogP contribution in [0.15, 0.2) is 0 Å². The molecule has 0 spiro atoms. The predicted molar refractivity (Wildman–Crippen MR) is 89.8 cm³/mol. The van der Waals surface area contributed by atoms with Gasteiger partial charge in [-0.05, 0) is 44.4 Å². The number of thioether (sulfide) groups is 1. The molecule has 22 heavy (non-hydrogen) atoms. The quantitative estimate of drug-likeness (QED) is 0.733. The maximum Gasteiger partial charge on any atom is 0.239 e. The van der Waals surface area contributed by atoms with E-state index in [9.17, 15) is 9.59 Å². The fraction of sp³-hybridized carbons (Fsp3) is 0.867. The molecule has 0 aliphatic carbocycles. The van der Waals surface area contributed by atoms with E-state index in [1.54, 1.807) is 11.8 Å². The Hall–Kier alpha value is -0.790. The third-order valence-corrected chi connectivity index (χ3v) is 5.10. The van der Waals surface area contributed by atoms with Crippen molar-refractivity contribution in [3.8, 4) is 0 Å². The van der Waals surface area contributed by atoms with Crippen molar-refractivity contribution in [1.82, 2.24) is 14.7 Å². The maximum absolute atomic E-state index is 12.3. The average Bonchev–Trinajstić information content (AvgIpc) is 3.05. The molecule has 1 atom stereocenters. The first-order chi connectivity index (χ1) is 10.6. The number of hydrogen-bond acceptors (Lipinski definition) is 5. The molecule has 2 saturated heterocycles. The molecule has 0 radical (unpaired) electrons. The van der Waals surface area contributed by atoms with Gasteiger partial charge in [0.2, 0.25) is 11.8 Å². The summed E-state index contributed by atoms with van der Waals surface area (Å²) in [6.45, 7) is 5.08. The molecule has 0 aromatic carbocycles. The van der Waals surface area contributed by atoms with E-state index >= 15 is 0 Å². The van der Waals surface area contributed by atoms with E-state index < -0.39 is 6.04 Å². The van der Waals surface area contributed by atoms with Gasteiger partial charge in [0.1, 0.15) is 0 Å². The summed E-state index contributed by atoms with van der Waals surface area (Å²) in [5.74, 6) is 1.13. The normalized spacial score (nSPS) is 21.2. The third kappa shape index (κ3) is 4.86. The Labute approximate surface area is 137 Å². The molecule has 2 fully saturated rings. The highest BCUT2D eigenvalue weighted by molar-refractivity contribution is 7.98. The van der Waals surface area contributed by atoms with E-state index in [4.69, 9.17) is 5.73 Å². The molecule has 0 bridgehead atoms. The number of hydrogen-bond donors (Lipinski definition) is 1. The molecule has 2 aliphatic heterocycles. The Kier molecular flexibility index (Phi) is 6.98. The summed E-state index contributed by atoms with van der Waals surface area (Å²) >= 11 is 1.71. The number of piperazine rings is 1. The average molecular weight is 328 g/mol. The number of nitrogens with two attached hydrogens (primary N) is 1. The summed E-state index contributed by atoms with van der Waals surface area (Å²) in [4.78, 5) is 30.4. The van der Waals surface area contributed by atoms with Gasteiger partial charge in [0.05, 0.1) is 12.6 Å². The van der Waals surface area contributed by atoms with Crippen LogP contribution < -0.4 is 5.73 Å². The standard InChI is InChI=1S/C15H28N4O2S/c1-22-11-4-13(16)15(21)19-9-7-18(8-10-19)14(20)12-17-5-2-3-6-17/h13H,2-12,16H2,1H3/t13-/m0/s1. The molecule has 2 aliphatic rings. The minimum Gasteiger partial charge on any atom is -0.338 e. The fourth-order valence-corrected chi connectivity index (χ4v) is 3.50. The van der Waals surface area contributed by atoms with Crippen molar-refractivity contribution >= 4 is 23.6 Å². The van der Waals surface area contributed by atoms with Gasteiger partial charge in [-0.15, -0.1) is 0 Å². The molecular formula is C15H28N4O2S. The van der Waals surface area contributed by atoms with Crippen LogP contribution in [0.3, 0.4) is 0 Å². The summed E-state index contributed by atoms with van der Waals surface area (Å²) in [6.07, 6.45) is 5.13. The molecule has 2 N–H and O–H groups in total. The Morgan fingerprint density at radius 2 is 1.64 bits per heavy atom. The molecule has 2 heterocycles. The van der Waals surface area contributed by atoms with Crippen LogP contribution in [0.1, 0.15) is 19.3 Å². The van der Waals surface area contributed by atoms with Crippen molar-refractivity contribution in [2.45, 2.75) is 25.3 Å². The zero-order valence-electron chi connectivity index (χ0n) is 13.5. The number of likely N-dealkylation sites (tertiary alicyclic amines) is 1. The number of carbonyl (C=O) groups is 2. The SMILES string of the molecule is CSCC[C@H](N)C(=O)N1CCN(C(=O)CN2CCCC2)CC1. The largest absolute Gasteiger partial charge is 0.338 e. The molecule has 0 aromatic heterocycles. The predicted octanol–water partition coefficient (Wildman–Crippen LogP) is -0.167. The van der Waals surface area contributed by atoms with Gasteiger partial charge in [-0.25, -0.2) is 0 Å². The van der Waals surface area contributed by atoms with Crippen molar-refractivity contribution in [2.24, 2.45) is 5.73 Å². The minimum absolute atomic E-state index is 0.0284. The number of amides is 2. The van der Waals surface area contributed by atoms with E-state index in [1.807, 2.05) is 16.1 Å². The van der Waals surface area contributed by atoms with Crippen LogP contribution in [0.25, 0.3) is 0 Å². The van der Waals surface area contributed by atoms with E-state index in [0.29, 0.717) is 39.1 Å². The van der Waals surface area contributed by atoms with Crippen LogP contribution in [0.5, 0.6) is 0 Å². The highest BCUT2D eigenvalue weighted by atomic mass is 32.2. The van der Waals surface area contributed by atoms with Gasteiger partial charge in [0, 0.05) is 26.2 Å². The molecule has 2 amide bonds. The molecule has 0 unspecified atom stereocenters. The first-order valence-electron chi connectivity index (χ1n) is 8.15. The van der Waals surface area contributed by atoms with Crippen LogP contribution in [0.2, 0.25) is 0 Å². The summed E-state index contributed by atoms with van der Waals surface area (Å²) in [7, 11) is 0. The Bertz CT molecular complexity index is 380. The number of rotatable bonds is 6. The smallest absolute Gasteiger partial charge is 0.239 e. The highest BCUT2D eigenvalue weighted by Crippen LogP contribution is 2.10. The molecule has 6 nitrogen and oxygen atoms in total. The number of carbonyl (C=O) groups excluding carboxylic acids is 2. The fourth-order valence-electron chi connectivity index (χ4n) is 3.01. The molecule has 0 saturated carbocycles. The molecule has 126 valence electrons. The highest BCUT2D eigenvalue weighted by Gasteiger charge is 2.27. The van der Waals surface area contributed by atoms with Crippen molar-refractivity contribution in [3.05, 3.63) is 0 Å². The van der Waals surface area contributed by atoms with Gasteiger partial charge in [-0.2, -0.15) is 11.8 Å². The number of nitrogens with zero attached hydrogens (tertiary/aromatic N) is 3. The second-order valence-corrected chi connectivity index (χ2v) is 7.06. The van der Waals surface area contributed by atoms with Crippen molar-refractivity contribution in [1.29, 1.82) is 0 Å². The summed E-state index contributed by atoms with van der Waals surface area (Å²) in [5, 5.41) is 0. The third-order valence-electron chi connectivity index (χ3n) is 4.45. The van der Waals surface area contributed by atoms with Crippen LogP contribution in [0, 0.1) is 0 Å². The Morgan fingerprint density at radius 1 is 1.05 bits per heavy atom. The lowest BCUT2D eigenvalue weighted by atomic mass is 10.2. The van der Waals surface area contributed by atoms with E-state index in [-0.39, 0.29) is 11.8 Å². The minimum atomic E-state index is -0.403. The maximum atomic E-state index is 12.3. The topological polar surface area (TPSA) is 69.9 Å². The second kappa shape index (κ2) is 8.74. The van der Waals surface area contributed by atoms with Crippen LogP contribution in [0.4, 0.5) is 0 Å². The molecular weight excluding hydrogens is 300 g/mol. The summed E-state index contributed by atoms with van der Waals surface area (Å²) in [6, 6.07) is -0.403. The van der Waals surface area contributed by atoms with E-state index in [2.05, 4.69) is 4.90 Å². The molecule has 2 rings (SSSR count). The lowest BCUT2D eigenvalue weighted by Gasteiger charge is -2.36. The lowest BCUT2D eigenvalue weighted by Crippen LogP contribution is -2.55. The zero-order chi connectivity index (χ0) is 15.9. The molecule has 7 heteroatoms. The molecule has 0 aromatic rings. The summed E-state index contributed by atoms with van der Waals surface area (Å²) < 4.78 is 0. The van der Waals surface area contributed by atoms with Crippen molar-refractivity contribution in [3.63, 3.8) is 0 Å². The van der Waals surface area contributed by atoms with Crippen LogP contribution >= 0.6 is 11.8 Å². The first-order valence-corrected chi connectivity index (χ1v) is 9.54. The summed E-state index contributed by atoms with van der Waals surface area (Å²) in [5.41, 5.74) is 5.95. The van der Waals surface area contributed by atoms with Gasteiger partial charge in [0.15, 0.2) is 0 Å².